The van der Waals surface area contributed by atoms with Gasteiger partial charge in [-0.1, -0.05) is 11.6 Å². The van der Waals surface area contributed by atoms with Gasteiger partial charge in [0.25, 0.3) is 0 Å². The molecule has 0 radical (unpaired) electrons. The van der Waals surface area contributed by atoms with Gasteiger partial charge in [0, 0.05) is 17.5 Å². The minimum absolute atomic E-state index is 0.232. The second-order valence-electron chi connectivity index (χ2n) is 3.83. The highest BCUT2D eigenvalue weighted by atomic mass is 35.5. The maximum atomic E-state index is 13.1. The van der Waals surface area contributed by atoms with Crippen molar-refractivity contribution in [1.29, 1.82) is 0 Å². The lowest BCUT2D eigenvalue weighted by Gasteiger charge is -2.19. The summed E-state index contributed by atoms with van der Waals surface area (Å²) in [5.74, 6) is 0.549. The van der Waals surface area contributed by atoms with Crippen molar-refractivity contribution in [3.05, 3.63) is 45.0 Å². The Labute approximate surface area is 119 Å². The molecule has 0 aromatic carbocycles. The second-order valence-corrected chi connectivity index (χ2v) is 5.90. The zero-order valence-electron chi connectivity index (χ0n) is 9.66. The van der Waals surface area contributed by atoms with Crippen molar-refractivity contribution >= 4 is 40.4 Å². The summed E-state index contributed by atoms with van der Waals surface area (Å²) >= 11 is 13.2. The molecule has 0 atom stereocenters. The monoisotopic (exact) mass is 304 g/mol. The van der Waals surface area contributed by atoms with Crippen LogP contribution >= 0.6 is 34.5 Å². The van der Waals surface area contributed by atoms with Gasteiger partial charge in [-0.3, -0.25) is 0 Å². The van der Waals surface area contributed by atoms with E-state index in [0.29, 0.717) is 17.9 Å². The molecule has 0 unspecified atom stereocenters. The molecule has 2 aromatic heterocycles. The van der Waals surface area contributed by atoms with Crippen LogP contribution in [0.2, 0.25) is 4.34 Å². The van der Waals surface area contributed by atoms with Gasteiger partial charge in [0.2, 0.25) is 0 Å². The molecule has 0 bridgehead atoms. The summed E-state index contributed by atoms with van der Waals surface area (Å²) in [6.07, 6.45) is 1.20. The maximum absolute atomic E-state index is 13.1. The van der Waals surface area contributed by atoms with E-state index in [1.165, 1.54) is 23.6 Å². The minimum atomic E-state index is -0.373. The Hall–Kier alpha value is -0.840. The fourth-order valence-corrected chi connectivity index (χ4v) is 3.00. The average Bonchev–Trinajstić information content (AvgIpc) is 2.74. The fraction of sp³-hybridized carbons (Fsp3) is 0.250. The Bertz CT molecular complexity index is 545. The van der Waals surface area contributed by atoms with E-state index in [4.69, 9.17) is 23.2 Å². The van der Waals surface area contributed by atoms with Gasteiger partial charge in [0.1, 0.15) is 11.6 Å². The van der Waals surface area contributed by atoms with Crippen LogP contribution in [0.3, 0.4) is 0 Å². The zero-order valence-corrected chi connectivity index (χ0v) is 12.0. The van der Waals surface area contributed by atoms with Gasteiger partial charge in [-0.05, 0) is 18.2 Å². The van der Waals surface area contributed by atoms with Gasteiger partial charge in [-0.2, -0.15) is 0 Å². The molecule has 0 amide bonds. The molecule has 96 valence electrons. The smallest absolute Gasteiger partial charge is 0.141 e. The number of pyridine rings is 1. The van der Waals surface area contributed by atoms with E-state index in [9.17, 15) is 4.39 Å². The molecule has 0 aliphatic carbocycles. The van der Waals surface area contributed by atoms with Crippen molar-refractivity contribution in [2.45, 2.75) is 12.4 Å². The van der Waals surface area contributed by atoms with Crippen molar-refractivity contribution in [3.63, 3.8) is 0 Å². The maximum Gasteiger partial charge on any atom is 0.141 e. The van der Waals surface area contributed by atoms with E-state index in [-0.39, 0.29) is 11.7 Å². The first kappa shape index (κ1) is 13.6. The van der Waals surface area contributed by atoms with Crippen molar-refractivity contribution in [1.82, 2.24) is 4.98 Å². The zero-order chi connectivity index (χ0) is 13.1. The molecule has 0 aliphatic rings. The van der Waals surface area contributed by atoms with Crippen LogP contribution in [0, 0.1) is 5.82 Å². The van der Waals surface area contributed by atoms with Crippen LogP contribution in [0.15, 0.2) is 24.4 Å². The Balaban J connectivity index is 2.20. The van der Waals surface area contributed by atoms with Crippen LogP contribution in [0.1, 0.15) is 10.4 Å². The lowest BCUT2D eigenvalue weighted by molar-refractivity contribution is 0.619. The first-order chi connectivity index (χ1) is 8.60. The number of nitrogens with zero attached hydrogens (tertiary/aromatic N) is 2. The first-order valence-electron chi connectivity index (χ1n) is 5.26. The predicted molar refractivity (Wildman–Crippen MR) is 75.2 cm³/mol. The van der Waals surface area contributed by atoms with Crippen LogP contribution < -0.4 is 4.90 Å². The minimum Gasteiger partial charge on any atom is -0.354 e. The topological polar surface area (TPSA) is 16.1 Å². The van der Waals surface area contributed by atoms with Crippen LogP contribution in [-0.4, -0.2) is 12.0 Å². The third-order valence-electron chi connectivity index (χ3n) is 2.44. The summed E-state index contributed by atoms with van der Waals surface area (Å²) in [5, 5.41) is 0. The lowest BCUT2D eigenvalue weighted by Crippen LogP contribution is -2.18. The van der Waals surface area contributed by atoms with E-state index < -0.39 is 0 Å². The lowest BCUT2D eigenvalue weighted by atomic mass is 10.2. The van der Waals surface area contributed by atoms with Crippen molar-refractivity contribution < 1.29 is 4.39 Å². The van der Waals surface area contributed by atoms with E-state index in [2.05, 4.69) is 4.98 Å². The highest BCUT2D eigenvalue weighted by Gasteiger charge is 2.11. The summed E-state index contributed by atoms with van der Waals surface area (Å²) in [6.45, 7) is 0.667. The Morgan fingerprint density at radius 1 is 1.44 bits per heavy atom. The van der Waals surface area contributed by atoms with Crippen LogP contribution in [0.4, 0.5) is 10.2 Å². The van der Waals surface area contributed by atoms with Crippen molar-refractivity contribution in [2.24, 2.45) is 0 Å². The van der Waals surface area contributed by atoms with Crippen molar-refractivity contribution in [2.75, 3.05) is 11.9 Å². The summed E-state index contributed by atoms with van der Waals surface area (Å²) in [5.41, 5.74) is 0.682. The third kappa shape index (κ3) is 3.13. The van der Waals surface area contributed by atoms with Gasteiger partial charge in [-0.15, -0.1) is 22.9 Å². The second kappa shape index (κ2) is 5.87. The van der Waals surface area contributed by atoms with Crippen LogP contribution in [-0.2, 0) is 12.4 Å². The number of halogens is 3. The molecule has 6 heteroatoms. The number of thiophene rings is 1. The molecular formula is C12H11Cl2FN2S. The molecule has 0 N–H and O–H groups in total. The quantitative estimate of drug-likeness (QED) is 0.782. The largest absolute Gasteiger partial charge is 0.354 e. The third-order valence-corrected chi connectivity index (χ3v) is 3.94. The summed E-state index contributed by atoms with van der Waals surface area (Å²) in [7, 11) is 1.89. The summed E-state index contributed by atoms with van der Waals surface area (Å²) in [6, 6.07) is 5.23. The average molecular weight is 305 g/mol. The predicted octanol–water partition coefficient (Wildman–Crippen LogP) is 4.31. The number of anilines is 1. The Morgan fingerprint density at radius 3 is 2.83 bits per heavy atom. The summed E-state index contributed by atoms with van der Waals surface area (Å²) < 4.78 is 13.8. The van der Waals surface area contributed by atoms with Crippen LogP contribution in [0.5, 0.6) is 0 Å². The van der Waals surface area contributed by atoms with Gasteiger partial charge in [0.15, 0.2) is 0 Å². The van der Waals surface area contributed by atoms with Crippen molar-refractivity contribution in [3.8, 4) is 0 Å². The standard InChI is InChI=1S/C12H11Cl2FN2S/c1-17(7-10-2-3-11(14)18-10)12-8(5-13)4-9(15)6-16-12/h2-4,6H,5,7H2,1H3. The molecule has 0 saturated heterocycles. The molecular weight excluding hydrogens is 294 g/mol. The summed E-state index contributed by atoms with van der Waals surface area (Å²) in [4.78, 5) is 7.14. The molecule has 2 heterocycles. The van der Waals surface area contributed by atoms with Gasteiger partial charge in [-0.25, -0.2) is 9.37 Å². The molecule has 2 aromatic rings. The Kier molecular flexibility index (Phi) is 4.43. The van der Waals surface area contributed by atoms with Crippen LogP contribution in [0.25, 0.3) is 0 Å². The van der Waals surface area contributed by atoms with E-state index in [1.54, 1.807) is 0 Å². The molecule has 18 heavy (non-hydrogen) atoms. The number of alkyl halides is 1. The van der Waals surface area contributed by atoms with Gasteiger partial charge in [0.05, 0.1) is 23.0 Å². The molecule has 2 nitrogen and oxygen atoms in total. The van der Waals surface area contributed by atoms with Gasteiger partial charge < -0.3 is 4.90 Å². The molecule has 0 saturated carbocycles. The molecule has 2 rings (SSSR count). The number of aromatic nitrogens is 1. The highest BCUT2D eigenvalue weighted by Crippen LogP contribution is 2.25. The Morgan fingerprint density at radius 2 is 2.22 bits per heavy atom. The molecule has 0 aliphatic heterocycles. The molecule has 0 fully saturated rings. The first-order valence-corrected chi connectivity index (χ1v) is 6.99. The number of hydrogen-bond acceptors (Lipinski definition) is 3. The highest BCUT2D eigenvalue weighted by molar-refractivity contribution is 7.16. The molecule has 0 spiro atoms. The van der Waals surface area contributed by atoms with Gasteiger partial charge >= 0.3 is 0 Å². The fourth-order valence-electron chi connectivity index (χ4n) is 1.66. The SMILES string of the molecule is CN(Cc1ccc(Cl)s1)c1ncc(F)cc1CCl. The van der Waals surface area contributed by atoms with E-state index >= 15 is 0 Å². The van der Waals surface area contributed by atoms with E-state index in [0.717, 1.165) is 9.21 Å². The normalized spacial score (nSPS) is 10.7. The number of rotatable bonds is 4. The van der Waals surface area contributed by atoms with E-state index in [1.807, 2.05) is 24.1 Å². The number of hydrogen-bond donors (Lipinski definition) is 0.